The molecule has 3 aromatic rings. The molecule has 0 saturated carbocycles. The maximum Gasteiger partial charge on any atom is 0.175 e. The van der Waals surface area contributed by atoms with E-state index in [2.05, 4.69) is 37.9 Å². The third kappa shape index (κ3) is 5.03. The van der Waals surface area contributed by atoms with Crippen LogP contribution < -0.4 is 9.47 Å². The number of rotatable bonds is 6. The molecule has 28 heavy (non-hydrogen) atoms. The first-order valence-electron chi connectivity index (χ1n) is 8.52. The van der Waals surface area contributed by atoms with E-state index in [1.165, 1.54) is 0 Å². The lowest BCUT2D eigenvalue weighted by Gasteiger charge is -2.14. The zero-order valence-corrected chi connectivity index (χ0v) is 18.3. The Labute approximate surface area is 181 Å². The van der Waals surface area contributed by atoms with Crippen LogP contribution in [0.5, 0.6) is 11.5 Å². The van der Waals surface area contributed by atoms with Crippen molar-refractivity contribution in [3.63, 3.8) is 0 Å². The Hall–Kier alpha value is -2.55. The summed E-state index contributed by atoms with van der Waals surface area (Å²) in [5.41, 5.74) is 3.34. The van der Waals surface area contributed by atoms with Crippen molar-refractivity contribution in [2.75, 3.05) is 7.11 Å². The summed E-state index contributed by atoms with van der Waals surface area (Å²) in [5, 5.41) is 9.57. The van der Waals surface area contributed by atoms with Gasteiger partial charge in [-0.3, -0.25) is 0 Å². The minimum absolute atomic E-state index is 0.438. The second-order valence-electron chi connectivity index (χ2n) is 5.99. The first-order chi connectivity index (χ1) is 13.6. The quantitative estimate of drug-likeness (QED) is 0.275. The maximum absolute atomic E-state index is 9.57. The molecule has 0 radical (unpaired) electrons. The summed E-state index contributed by atoms with van der Waals surface area (Å²) in [6.45, 7) is 0.438. The van der Waals surface area contributed by atoms with Crippen molar-refractivity contribution >= 4 is 43.5 Å². The standard InChI is InChI=1S/C23H17Br2NO2/c1-27-22-13-17(11-19(14-26)18-7-9-20(24)10-8-18)12-21(25)23(22)28-15-16-5-3-2-4-6-16/h2-13H,15H2,1H3/b19-11-. The van der Waals surface area contributed by atoms with Crippen LogP contribution in [0.2, 0.25) is 0 Å². The van der Waals surface area contributed by atoms with Crippen molar-refractivity contribution in [1.82, 2.24) is 0 Å². The predicted octanol–water partition coefficient (Wildman–Crippen LogP) is 6.86. The van der Waals surface area contributed by atoms with Gasteiger partial charge < -0.3 is 9.47 Å². The highest BCUT2D eigenvalue weighted by Gasteiger charge is 2.12. The molecular formula is C23H17Br2NO2. The Bertz CT molecular complexity index is 1020. The van der Waals surface area contributed by atoms with Crippen molar-refractivity contribution in [2.45, 2.75) is 6.61 Å². The molecule has 0 aliphatic carbocycles. The van der Waals surface area contributed by atoms with Gasteiger partial charge in [0.2, 0.25) is 0 Å². The smallest absolute Gasteiger partial charge is 0.175 e. The van der Waals surface area contributed by atoms with E-state index >= 15 is 0 Å². The second-order valence-corrected chi connectivity index (χ2v) is 7.76. The Balaban J connectivity index is 1.89. The van der Waals surface area contributed by atoms with Crippen LogP contribution in [0.1, 0.15) is 16.7 Å². The molecule has 0 saturated heterocycles. The SMILES string of the molecule is COc1cc(/C=C(/C#N)c2ccc(Br)cc2)cc(Br)c1OCc1ccccc1. The zero-order valence-electron chi connectivity index (χ0n) is 15.2. The van der Waals surface area contributed by atoms with E-state index < -0.39 is 0 Å². The number of ether oxygens (including phenoxy) is 2. The molecule has 0 heterocycles. The lowest BCUT2D eigenvalue weighted by molar-refractivity contribution is 0.282. The lowest BCUT2D eigenvalue weighted by Crippen LogP contribution is -1.99. The molecule has 0 aliphatic rings. The number of halogens is 2. The molecular weight excluding hydrogens is 482 g/mol. The number of methoxy groups -OCH3 is 1. The zero-order chi connectivity index (χ0) is 19.9. The number of allylic oxidation sites excluding steroid dienone is 1. The Morgan fingerprint density at radius 1 is 1.04 bits per heavy atom. The van der Waals surface area contributed by atoms with Crippen LogP contribution in [0.15, 0.2) is 75.7 Å². The Morgan fingerprint density at radius 3 is 2.39 bits per heavy atom. The van der Waals surface area contributed by atoms with Gasteiger partial charge in [0, 0.05) is 4.47 Å². The minimum Gasteiger partial charge on any atom is -0.493 e. The number of nitrogens with zero attached hydrogens (tertiary/aromatic N) is 1. The monoisotopic (exact) mass is 497 g/mol. The largest absolute Gasteiger partial charge is 0.493 e. The van der Waals surface area contributed by atoms with E-state index in [-0.39, 0.29) is 0 Å². The molecule has 0 amide bonds. The molecule has 0 aromatic heterocycles. The van der Waals surface area contributed by atoms with Crippen LogP contribution in [0.4, 0.5) is 0 Å². The van der Waals surface area contributed by atoms with Gasteiger partial charge in [0.1, 0.15) is 6.61 Å². The first-order valence-corrected chi connectivity index (χ1v) is 10.1. The molecule has 3 nitrogen and oxygen atoms in total. The van der Waals surface area contributed by atoms with Gasteiger partial charge >= 0.3 is 0 Å². The number of hydrogen-bond donors (Lipinski definition) is 0. The predicted molar refractivity (Wildman–Crippen MR) is 119 cm³/mol. The third-order valence-corrected chi connectivity index (χ3v) is 5.18. The first kappa shape index (κ1) is 20.2. The molecule has 0 spiro atoms. The third-order valence-electron chi connectivity index (χ3n) is 4.06. The number of hydrogen-bond acceptors (Lipinski definition) is 3. The average Bonchev–Trinajstić information content (AvgIpc) is 2.72. The van der Waals surface area contributed by atoms with E-state index in [1.807, 2.05) is 72.8 Å². The molecule has 0 fully saturated rings. The van der Waals surface area contributed by atoms with E-state index in [1.54, 1.807) is 7.11 Å². The summed E-state index contributed by atoms with van der Waals surface area (Å²) in [5.74, 6) is 1.23. The molecule has 5 heteroatoms. The molecule has 0 atom stereocenters. The van der Waals surface area contributed by atoms with Crippen LogP contribution >= 0.6 is 31.9 Å². The molecule has 3 rings (SSSR count). The van der Waals surface area contributed by atoms with Gasteiger partial charge in [0.25, 0.3) is 0 Å². The van der Waals surface area contributed by atoms with Crippen molar-refractivity contribution in [3.8, 4) is 17.6 Å². The summed E-state index contributed by atoms with van der Waals surface area (Å²) in [4.78, 5) is 0. The fraction of sp³-hybridized carbons (Fsp3) is 0.0870. The van der Waals surface area contributed by atoms with Crippen LogP contribution in [0, 0.1) is 11.3 Å². The second kappa shape index (κ2) is 9.59. The van der Waals surface area contributed by atoms with Crippen molar-refractivity contribution < 1.29 is 9.47 Å². The summed E-state index contributed by atoms with van der Waals surface area (Å²) in [6, 6.07) is 23.6. The van der Waals surface area contributed by atoms with Crippen LogP contribution in [0.3, 0.4) is 0 Å². The average molecular weight is 499 g/mol. The molecule has 3 aromatic carbocycles. The highest BCUT2D eigenvalue weighted by molar-refractivity contribution is 9.10. The van der Waals surface area contributed by atoms with Crippen molar-refractivity contribution in [3.05, 3.63) is 92.4 Å². The van der Waals surface area contributed by atoms with Gasteiger partial charge in [-0.2, -0.15) is 5.26 Å². The van der Waals surface area contributed by atoms with Gasteiger partial charge in [-0.1, -0.05) is 58.4 Å². The maximum atomic E-state index is 9.57. The number of benzene rings is 3. The fourth-order valence-electron chi connectivity index (χ4n) is 2.67. The molecule has 0 N–H and O–H groups in total. The van der Waals surface area contributed by atoms with Gasteiger partial charge in [-0.15, -0.1) is 0 Å². The van der Waals surface area contributed by atoms with E-state index in [9.17, 15) is 5.26 Å². The Kier molecular flexibility index (Phi) is 6.91. The van der Waals surface area contributed by atoms with Crippen molar-refractivity contribution in [1.29, 1.82) is 5.26 Å². The lowest BCUT2D eigenvalue weighted by atomic mass is 10.0. The van der Waals surface area contributed by atoms with Gasteiger partial charge in [0.05, 0.1) is 23.2 Å². The summed E-state index contributed by atoms with van der Waals surface area (Å²) in [6.07, 6.45) is 1.83. The minimum atomic E-state index is 0.438. The Morgan fingerprint density at radius 2 is 1.75 bits per heavy atom. The van der Waals surface area contributed by atoms with Crippen LogP contribution in [-0.2, 0) is 6.61 Å². The van der Waals surface area contributed by atoms with Crippen molar-refractivity contribution in [2.24, 2.45) is 0 Å². The van der Waals surface area contributed by atoms with Gasteiger partial charge in [0.15, 0.2) is 11.5 Å². The fourth-order valence-corrected chi connectivity index (χ4v) is 3.51. The van der Waals surface area contributed by atoms with Crippen LogP contribution in [-0.4, -0.2) is 7.11 Å². The van der Waals surface area contributed by atoms with Gasteiger partial charge in [-0.25, -0.2) is 0 Å². The summed E-state index contributed by atoms with van der Waals surface area (Å²) < 4.78 is 13.2. The van der Waals surface area contributed by atoms with Crippen LogP contribution in [0.25, 0.3) is 11.6 Å². The summed E-state index contributed by atoms with van der Waals surface area (Å²) in [7, 11) is 1.60. The topological polar surface area (TPSA) is 42.2 Å². The van der Waals surface area contributed by atoms with Gasteiger partial charge in [-0.05, 0) is 63.0 Å². The molecule has 0 bridgehead atoms. The van der Waals surface area contributed by atoms with E-state index in [4.69, 9.17) is 9.47 Å². The van der Waals surface area contributed by atoms with E-state index in [0.717, 1.165) is 25.6 Å². The summed E-state index contributed by atoms with van der Waals surface area (Å²) >= 11 is 6.98. The molecule has 0 unspecified atom stereocenters. The molecule has 140 valence electrons. The normalized spacial score (nSPS) is 11.0. The highest BCUT2D eigenvalue weighted by atomic mass is 79.9. The number of nitriles is 1. The molecule has 0 aliphatic heterocycles. The highest BCUT2D eigenvalue weighted by Crippen LogP contribution is 2.38. The van der Waals surface area contributed by atoms with E-state index in [0.29, 0.717) is 23.7 Å².